The molecule has 0 radical (unpaired) electrons. The summed E-state index contributed by atoms with van der Waals surface area (Å²) in [5.74, 6) is 1.90. The molecule has 0 unspecified atom stereocenters. The van der Waals surface area contributed by atoms with Gasteiger partial charge in [0.15, 0.2) is 11.4 Å². The lowest BCUT2D eigenvalue weighted by Crippen LogP contribution is -2.36. The van der Waals surface area contributed by atoms with E-state index in [1.807, 2.05) is 55.1 Å². The minimum atomic E-state index is -0.112. The third-order valence-corrected chi connectivity index (χ3v) is 7.40. The number of nitrogens with zero attached hydrogens (tertiary/aromatic N) is 5. The van der Waals surface area contributed by atoms with Gasteiger partial charge in [0.05, 0.1) is 0 Å². The first kappa shape index (κ1) is 28.7. The van der Waals surface area contributed by atoms with E-state index in [0.717, 1.165) is 42.8 Å². The molecule has 1 aliphatic rings. The van der Waals surface area contributed by atoms with Crippen molar-refractivity contribution >= 4 is 40.3 Å². The normalized spacial score (nSPS) is 14.3. The number of carbonyl (C=O) groups excluding carboxylic acids is 2. The van der Waals surface area contributed by atoms with Crippen molar-refractivity contribution in [3.05, 3.63) is 42.0 Å². The number of ketones is 1. The molecule has 8 heteroatoms. The second-order valence-corrected chi connectivity index (χ2v) is 11.4. The molecule has 8 nitrogen and oxygen atoms in total. The number of pyridine rings is 1. The summed E-state index contributed by atoms with van der Waals surface area (Å²) in [7, 11) is 0. The fourth-order valence-corrected chi connectivity index (χ4v) is 5.04. The summed E-state index contributed by atoms with van der Waals surface area (Å²) < 4.78 is 2.14. The molecule has 3 heterocycles. The van der Waals surface area contributed by atoms with Crippen LogP contribution in [0.3, 0.4) is 0 Å². The fourth-order valence-electron chi connectivity index (χ4n) is 5.04. The number of Topliss-reactive ketones (excluding diaryl/α,β-unsaturated/α-hetero) is 1. The molecule has 1 aliphatic heterocycles. The topological polar surface area (TPSA) is 83.4 Å². The zero-order valence-corrected chi connectivity index (χ0v) is 24.2. The lowest BCUT2D eigenvalue weighted by Gasteiger charge is -2.26. The summed E-state index contributed by atoms with van der Waals surface area (Å²) in [5, 5.41) is 3.45. The third-order valence-electron chi connectivity index (χ3n) is 7.40. The molecule has 1 aromatic carbocycles. The smallest absolute Gasteiger partial charge is 0.230 e. The van der Waals surface area contributed by atoms with E-state index in [1.54, 1.807) is 6.92 Å². The van der Waals surface area contributed by atoms with E-state index in [0.29, 0.717) is 29.8 Å². The number of carbonyl (C=O) groups is 2. The predicted octanol–water partition coefficient (Wildman–Crippen LogP) is 6.29. The van der Waals surface area contributed by atoms with Crippen LogP contribution in [-0.4, -0.2) is 57.3 Å². The molecular formula is C31H44N6O2. The minimum absolute atomic E-state index is 0.0428. The SMILES string of the molecule is CC(=O)c1ccc(Nc2nc3ccc(N(CCC(C)C)C(=O)C(C)C)nc3n2CCCN2CCCCC2)cc1. The summed E-state index contributed by atoms with van der Waals surface area (Å²) in [5.41, 5.74) is 3.11. The van der Waals surface area contributed by atoms with Crippen molar-refractivity contribution in [2.24, 2.45) is 11.8 Å². The molecule has 0 atom stereocenters. The van der Waals surface area contributed by atoms with Gasteiger partial charge in [0.1, 0.15) is 11.3 Å². The number of nitrogens with one attached hydrogen (secondary N) is 1. The molecule has 2 aromatic heterocycles. The molecule has 0 saturated carbocycles. The van der Waals surface area contributed by atoms with Gasteiger partial charge in [-0.3, -0.25) is 19.1 Å². The number of hydrogen-bond donors (Lipinski definition) is 1. The van der Waals surface area contributed by atoms with Crippen molar-refractivity contribution in [2.75, 3.05) is 36.4 Å². The van der Waals surface area contributed by atoms with E-state index >= 15 is 0 Å². The van der Waals surface area contributed by atoms with Crippen LogP contribution in [-0.2, 0) is 11.3 Å². The van der Waals surface area contributed by atoms with Crippen molar-refractivity contribution in [1.82, 2.24) is 19.4 Å². The van der Waals surface area contributed by atoms with Crippen molar-refractivity contribution in [2.45, 2.75) is 73.3 Å². The standard InChI is InChI=1S/C31H44N6O2/c1-22(2)16-21-36(30(39)23(3)4)28-15-14-27-29(34-28)37(20-9-19-35-17-7-6-8-18-35)31(33-27)32-26-12-10-25(11-13-26)24(5)38/h10-15,22-23H,6-9,16-21H2,1-5H3,(H,32,33). The largest absolute Gasteiger partial charge is 0.326 e. The van der Waals surface area contributed by atoms with Crippen LogP contribution in [0.25, 0.3) is 11.2 Å². The van der Waals surface area contributed by atoms with Crippen molar-refractivity contribution in [1.29, 1.82) is 0 Å². The highest BCUT2D eigenvalue weighted by Gasteiger charge is 2.22. The van der Waals surface area contributed by atoms with E-state index < -0.39 is 0 Å². The van der Waals surface area contributed by atoms with E-state index in [1.165, 1.54) is 32.4 Å². The molecule has 0 bridgehead atoms. The second-order valence-electron chi connectivity index (χ2n) is 11.4. The number of hydrogen-bond acceptors (Lipinski definition) is 6. The van der Waals surface area contributed by atoms with Crippen LogP contribution in [0.4, 0.5) is 17.5 Å². The van der Waals surface area contributed by atoms with Gasteiger partial charge in [0, 0.05) is 30.3 Å². The predicted molar refractivity (Wildman–Crippen MR) is 159 cm³/mol. The van der Waals surface area contributed by atoms with Gasteiger partial charge in [-0.1, -0.05) is 34.1 Å². The maximum atomic E-state index is 13.2. The maximum Gasteiger partial charge on any atom is 0.230 e. The average Bonchev–Trinajstić information content (AvgIpc) is 3.25. The Morgan fingerprint density at radius 1 is 0.949 bits per heavy atom. The van der Waals surface area contributed by atoms with Crippen LogP contribution in [0.15, 0.2) is 36.4 Å². The highest BCUT2D eigenvalue weighted by Crippen LogP contribution is 2.26. The Bertz CT molecular complexity index is 1260. The summed E-state index contributed by atoms with van der Waals surface area (Å²) >= 11 is 0. The van der Waals surface area contributed by atoms with Crippen LogP contribution in [0.1, 0.15) is 77.1 Å². The summed E-state index contributed by atoms with van der Waals surface area (Å²) in [6.07, 6.45) is 5.78. The first-order valence-corrected chi connectivity index (χ1v) is 14.5. The number of fused-ring (bicyclic) bond motifs is 1. The Hall–Kier alpha value is -3.26. The Kier molecular flexibility index (Phi) is 9.73. The number of piperidine rings is 1. The highest BCUT2D eigenvalue weighted by atomic mass is 16.2. The van der Waals surface area contributed by atoms with E-state index in [9.17, 15) is 9.59 Å². The number of aromatic nitrogens is 3. The monoisotopic (exact) mass is 532 g/mol. The lowest BCUT2D eigenvalue weighted by molar-refractivity contribution is -0.121. The molecule has 3 aromatic rings. The lowest BCUT2D eigenvalue weighted by atomic mass is 10.1. The van der Waals surface area contributed by atoms with Crippen LogP contribution in [0.2, 0.25) is 0 Å². The number of likely N-dealkylation sites (tertiary alicyclic amines) is 1. The number of imidazole rings is 1. The Balaban J connectivity index is 1.66. The van der Waals surface area contributed by atoms with Gasteiger partial charge in [0.25, 0.3) is 0 Å². The molecule has 1 N–H and O–H groups in total. The third kappa shape index (κ3) is 7.44. The highest BCUT2D eigenvalue weighted by molar-refractivity contribution is 5.95. The van der Waals surface area contributed by atoms with E-state index in [-0.39, 0.29) is 17.6 Å². The molecule has 1 fully saturated rings. The van der Waals surface area contributed by atoms with Crippen LogP contribution in [0.5, 0.6) is 0 Å². The number of amides is 1. The zero-order chi connectivity index (χ0) is 27.9. The first-order valence-electron chi connectivity index (χ1n) is 14.5. The number of benzene rings is 1. The molecular weight excluding hydrogens is 488 g/mol. The van der Waals surface area contributed by atoms with Gasteiger partial charge in [-0.05, 0) is 94.6 Å². The average molecular weight is 533 g/mol. The Morgan fingerprint density at radius 2 is 1.67 bits per heavy atom. The van der Waals surface area contributed by atoms with Gasteiger partial charge in [-0.15, -0.1) is 0 Å². The maximum absolute atomic E-state index is 13.2. The summed E-state index contributed by atoms with van der Waals surface area (Å²) in [6.45, 7) is 14.6. The zero-order valence-electron chi connectivity index (χ0n) is 24.2. The van der Waals surface area contributed by atoms with Gasteiger partial charge in [-0.2, -0.15) is 0 Å². The van der Waals surface area contributed by atoms with Crippen LogP contribution >= 0.6 is 0 Å². The van der Waals surface area contributed by atoms with Crippen LogP contribution < -0.4 is 10.2 Å². The summed E-state index contributed by atoms with van der Waals surface area (Å²) in [4.78, 5) is 39.2. The Labute approximate surface area is 232 Å². The van der Waals surface area contributed by atoms with Gasteiger partial charge in [0.2, 0.25) is 11.9 Å². The summed E-state index contributed by atoms with van der Waals surface area (Å²) in [6, 6.07) is 11.4. The molecule has 0 spiro atoms. The van der Waals surface area contributed by atoms with Crippen molar-refractivity contribution in [3.8, 4) is 0 Å². The fraction of sp³-hybridized carbons (Fsp3) is 0.548. The molecule has 210 valence electrons. The van der Waals surface area contributed by atoms with Gasteiger partial charge < -0.3 is 10.2 Å². The van der Waals surface area contributed by atoms with Gasteiger partial charge in [-0.25, -0.2) is 9.97 Å². The molecule has 1 amide bonds. The minimum Gasteiger partial charge on any atom is -0.326 e. The second kappa shape index (κ2) is 13.2. The molecule has 0 aliphatic carbocycles. The number of aryl methyl sites for hydroxylation is 1. The molecule has 39 heavy (non-hydrogen) atoms. The van der Waals surface area contributed by atoms with E-state index in [2.05, 4.69) is 28.6 Å². The molecule has 4 rings (SSSR count). The number of rotatable bonds is 12. The van der Waals surface area contributed by atoms with Crippen molar-refractivity contribution in [3.63, 3.8) is 0 Å². The molecule has 1 saturated heterocycles. The van der Waals surface area contributed by atoms with Crippen LogP contribution in [0, 0.1) is 11.8 Å². The van der Waals surface area contributed by atoms with Gasteiger partial charge >= 0.3 is 0 Å². The van der Waals surface area contributed by atoms with E-state index in [4.69, 9.17) is 9.97 Å². The number of anilines is 3. The quantitative estimate of drug-likeness (QED) is 0.276. The first-order chi connectivity index (χ1) is 18.7. The van der Waals surface area contributed by atoms with Crippen molar-refractivity contribution < 1.29 is 9.59 Å². The Morgan fingerprint density at radius 3 is 2.31 bits per heavy atom.